The molecule has 1 aromatic rings. The van der Waals surface area contributed by atoms with E-state index in [1.807, 2.05) is 0 Å². The van der Waals surface area contributed by atoms with Gasteiger partial charge in [0.05, 0.1) is 6.61 Å². The van der Waals surface area contributed by atoms with Gasteiger partial charge in [0.1, 0.15) is 0 Å². The molecule has 1 heterocycles. The Morgan fingerprint density at radius 3 is 2.94 bits per heavy atom. The molecule has 3 heteroatoms. The van der Waals surface area contributed by atoms with Crippen molar-refractivity contribution in [1.29, 1.82) is 0 Å². The summed E-state index contributed by atoms with van der Waals surface area (Å²) in [5.41, 5.74) is 2.79. The summed E-state index contributed by atoms with van der Waals surface area (Å²) >= 11 is 0. The zero-order chi connectivity index (χ0) is 12.8. The maximum absolute atomic E-state index is 5.05. The van der Waals surface area contributed by atoms with Crippen molar-refractivity contribution in [2.45, 2.75) is 32.4 Å². The lowest BCUT2D eigenvalue weighted by molar-refractivity contribution is 0.199. The van der Waals surface area contributed by atoms with Crippen LogP contribution in [0.25, 0.3) is 0 Å². The SMILES string of the molecule is COCCNCc1ccccc1N1CCCC1C. The van der Waals surface area contributed by atoms with E-state index in [4.69, 9.17) is 4.74 Å². The van der Waals surface area contributed by atoms with Gasteiger partial charge in [-0.1, -0.05) is 18.2 Å². The van der Waals surface area contributed by atoms with Gasteiger partial charge in [0.25, 0.3) is 0 Å². The molecular formula is C15H24N2O. The number of hydrogen-bond donors (Lipinski definition) is 1. The Bertz CT molecular complexity index is 367. The van der Waals surface area contributed by atoms with Crippen LogP contribution in [-0.4, -0.2) is 32.8 Å². The first kappa shape index (κ1) is 13.4. The normalized spacial score (nSPS) is 19.4. The average molecular weight is 248 g/mol. The summed E-state index contributed by atoms with van der Waals surface area (Å²) in [6, 6.07) is 9.40. The summed E-state index contributed by atoms with van der Waals surface area (Å²) < 4.78 is 5.05. The van der Waals surface area contributed by atoms with Crippen molar-refractivity contribution in [2.75, 3.05) is 31.7 Å². The van der Waals surface area contributed by atoms with Crippen molar-refractivity contribution in [3.05, 3.63) is 29.8 Å². The number of hydrogen-bond acceptors (Lipinski definition) is 3. The lowest BCUT2D eigenvalue weighted by Crippen LogP contribution is -2.28. The van der Waals surface area contributed by atoms with Crippen molar-refractivity contribution < 1.29 is 4.74 Å². The van der Waals surface area contributed by atoms with Crippen molar-refractivity contribution in [1.82, 2.24) is 5.32 Å². The Labute approximate surface area is 110 Å². The molecule has 100 valence electrons. The van der Waals surface area contributed by atoms with Crippen LogP contribution in [0.3, 0.4) is 0 Å². The largest absolute Gasteiger partial charge is 0.383 e. The van der Waals surface area contributed by atoms with Crippen molar-refractivity contribution in [3.63, 3.8) is 0 Å². The summed E-state index contributed by atoms with van der Waals surface area (Å²) in [6.45, 7) is 6.10. The fourth-order valence-corrected chi connectivity index (χ4v) is 2.63. The van der Waals surface area contributed by atoms with Crippen LogP contribution in [0.1, 0.15) is 25.3 Å². The lowest BCUT2D eigenvalue weighted by Gasteiger charge is -2.26. The van der Waals surface area contributed by atoms with Gasteiger partial charge in [-0.05, 0) is 31.4 Å². The van der Waals surface area contributed by atoms with E-state index in [1.54, 1.807) is 7.11 Å². The highest BCUT2D eigenvalue weighted by atomic mass is 16.5. The molecule has 3 nitrogen and oxygen atoms in total. The molecule has 0 bridgehead atoms. The number of rotatable bonds is 6. The second-order valence-electron chi connectivity index (χ2n) is 4.98. The van der Waals surface area contributed by atoms with E-state index in [0.717, 1.165) is 19.7 Å². The van der Waals surface area contributed by atoms with Crippen molar-refractivity contribution in [2.24, 2.45) is 0 Å². The number of anilines is 1. The van der Waals surface area contributed by atoms with Gasteiger partial charge in [-0.15, -0.1) is 0 Å². The molecule has 0 radical (unpaired) electrons. The maximum atomic E-state index is 5.05. The van der Waals surface area contributed by atoms with Gasteiger partial charge in [0.2, 0.25) is 0 Å². The number of nitrogens with one attached hydrogen (secondary N) is 1. The number of para-hydroxylation sites is 1. The maximum Gasteiger partial charge on any atom is 0.0587 e. The van der Waals surface area contributed by atoms with E-state index >= 15 is 0 Å². The Kier molecular flexibility index (Phi) is 5.02. The molecule has 2 rings (SSSR count). The van der Waals surface area contributed by atoms with Crippen LogP contribution in [0, 0.1) is 0 Å². The zero-order valence-corrected chi connectivity index (χ0v) is 11.5. The molecular weight excluding hydrogens is 224 g/mol. The van der Waals surface area contributed by atoms with Gasteiger partial charge in [0.15, 0.2) is 0 Å². The number of nitrogens with zero attached hydrogens (tertiary/aromatic N) is 1. The summed E-state index contributed by atoms with van der Waals surface area (Å²) in [7, 11) is 1.74. The highest BCUT2D eigenvalue weighted by Gasteiger charge is 2.21. The minimum Gasteiger partial charge on any atom is -0.383 e. The molecule has 1 unspecified atom stereocenters. The van der Waals surface area contributed by atoms with Gasteiger partial charge < -0.3 is 15.0 Å². The molecule has 1 atom stereocenters. The van der Waals surface area contributed by atoms with Gasteiger partial charge in [-0.3, -0.25) is 0 Å². The number of ether oxygens (including phenoxy) is 1. The third-order valence-electron chi connectivity index (χ3n) is 3.65. The molecule has 1 N–H and O–H groups in total. The Morgan fingerprint density at radius 2 is 2.22 bits per heavy atom. The van der Waals surface area contributed by atoms with Gasteiger partial charge >= 0.3 is 0 Å². The number of methoxy groups -OCH3 is 1. The fraction of sp³-hybridized carbons (Fsp3) is 0.600. The van der Waals surface area contributed by atoms with Gasteiger partial charge in [-0.2, -0.15) is 0 Å². The third-order valence-corrected chi connectivity index (χ3v) is 3.65. The molecule has 18 heavy (non-hydrogen) atoms. The number of benzene rings is 1. The predicted molar refractivity (Wildman–Crippen MR) is 76.1 cm³/mol. The summed E-state index contributed by atoms with van der Waals surface area (Å²) in [6.07, 6.45) is 2.62. The van der Waals surface area contributed by atoms with E-state index in [0.29, 0.717) is 6.04 Å². The minimum absolute atomic E-state index is 0.671. The minimum atomic E-state index is 0.671. The molecule has 0 aromatic heterocycles. The molecule has 1 aliphatic heterocycles. The zero-order valence-electron chi connectivity index (χ0n) is 11.5. The molecule has 0 amide bonds. The highest BCUT2D eigenvalue weighted by Crippen LogP contribution is 2.28. The van der Waals surface area contributed by atoms with E-state index < -0.39 is 0 Å². The second-order valence-corrected chi connectivity index (χ2v) is 4.98. The first-order chi connectivity index (χ1) is 8.83. The van der Waals surface area contributed by atoms with Crippen LogP contribution >= 0.6 is 0 Å². The van der Waals surface area contributed by atoms with Crippen LogP contribution in [0.5, 0.6) is 0 Å². The Hall–Kier alpha value is -1.06. The first-order valence-corrected chi connectivity index (χ1v) is 6.87. The van der Waals surface area contributed by atoms with Crippen LogP contribution in [-0.2, 0) is 11.3 Å². The topological polar surface area (TPSA) is 24.5 Å². The van der Waals surface area contributed by atoms with E-state index in [9.17, 15) is 0 Å². The Balaban J connectivity index is 2.01. The third kappa shape index (κ3) is 3.24. The summed E-state index contributed by atoms with van der Waals surface area (Å²) in [5.74, 6) is 0. The molecule has 1 fully saturated rings. The van der Waals surface area contributed by atoms with Crippen LogP contribution in [0.15, 0.2) is 24.3 Å². The van der Waals surface area contributed by atoms with Crippen molar-refractivity contribution in [3.8, 4) is 0 Å². The first-order valence-electron chi connectivity index (χ1n) is 6.87. The van der Waals surface area contributed by atoms with E-state index in [1.165, 1.54) is 30.6 Å². The summed E-state index contributed by atoms with van der Waals surface area (Å²) in [5, 5.41) is 3.43. The summed E-state index contributed by atoms with van der Waals surface area (Å²) in [4.78, 5) is 2.54. The molecule has 0 aliphatic carbocycles. The monoisotopic (exact) mass is 248 g/mol. The van der Waals surface area contributed by atoms with Crippen molar-refractivity contribution >= 4 is 5.69 Å². The molecule has 1 aromatic carbocycles. The quantitative estimate of drug-likeness (QED) is 0.782. The van der Waals surface area contributed by atoms with Crippen LogP contribution < -0.4 is 10.2 Å². The lowest BCUT2D eigenvalue weighted by atomic mass is 10.1. The predicted octanol–water partition coefficient (Wildman–Crippen LogP) is 2.41. The van der Waals surface area contributed by atoms with Gasteiger partial charge in [-0.25, -0.2) is 0 Å². The second kappa shape index (κ2) is 6.76. The fourth-order valence-electron chi connectivity index (χ4n) is 2.63. The van der Waals surface area contributed by atoms with Crippen LogP contribution in [0.2, 0.25) is 0 Å². The standard InChI is InChI=1S/C15H24N2O/c1-13-6-5-10-17(13)15-8-4-3-7-14(15)12-16-9-11-18-2/h3-4,7-8,13,16H,5-6,9-12H2,1-2H3. The molecule has 1 saturated heterocycles. The van der Waals surface area contributed by atoms with Crippen LogP contribution in [0.4, 0.5) is 5.69 Å². The molecule has 0 spiro atoms. The smallest absolute Gasteiger partial charge is 0.0587 e. The molecule has 0 saturated carbocycles. The van der Waals surface area contributed by atoms with Gasteiger partial charge in [0, 0.05) is 38.5 Å². The average Bonchev–Trinajstić information content (AvgIpc) is 2.81. The molecule has 1 aliphatic rings. The highest BCUT2D eigenvalue weighted by molar-refractivity contribution is 5.55. The van der Waals surface area contributed by atoms with E-state index in [2.05, 4.69) is 41.4 Å². The van der Waals surface area contributed by atoms with E-state index in [-0.39, 0.29) is 0 Å². The Morgan fingerprint density at radius 1 is 1.39 bits per heavy atom.